The molecule has 0 bridgehead atoms. The first kappa shape index (κ1) is 14.7. The van der Waals surface area contributed by atoms with Gasteiger partial charge in [0.1, 0.15) is 12.0 Å². The van der Waals surface area contributed by atoms with E-state index in [1.807, 2.05) is 12.1 Å². The highest BCUT2D eigenvalue weighted by atomic mass is 16.5. The lowest BCUT2D eigenvalue weighted by molar-refractivity contribution is 0.112. The van der Waals surface area contributed by atoms with Crippen LogP contribution in [-0.2, 0) is 10.8 Å². The summed E-state index contributed by atoms with van der Waals surface area (Å²) in [4.78, 5) is 11.4. The second kappa shape index (κ2) is 4.75. The minimum Gasteiger partial charge on any atom is -0.497 e. The van der Waals surface area contributed by atoms with Crippen molar-refractivity contribution < 1.29 is 9.53 Å². The molecule has 18 heavy (non-hydrogen) atoms. The van der Waals surface area contributed by atoms with Crippen LogP contribution in [-0.4, -0.2) is 13.4 Å². The molecule has 0 aliphatic heterocycles. The van der Waals surface area contributed by atoms with E-state index in [0.29, 0.717) is 0 Å². The molecule has 0 heterocycles. The van der Waals surface area contributed by atoms with Gasteiger partial charge in [-0.1, -0.05) is 41.5 Å². The molecule has 0 saturated carbocycles. The fourth-order valence-electron chi connectivity index (χ4n) is 2.28. The number of carbonyl (C=O) groups is 1. The zero-order valence-corrected chi connectivity index (χ0v) is 12.5. The second-order valence-electron chi connectivity index (χ2n) is 6.76. The molecule has 0 unspecified atom stereocenters. The molecule has 0 spiro atoms. The van der Waals surface area contributed by atoms with Gasteiger partial charge in [-0.2, -0.15) is 0 Å². The summed E-state index contributed by atoms with van der Waals surface area (Å²) in [5.74, 6) is 0.745. The first-order chi connectivity index (χ1) is 8.11. The van der Waals surface area contributed by atoms with Gasteiger partial charge in [0.15, 0.2) is 0 Å². The van der Waals surface area contributed by atoms with Crippen molar-refractivity contribution in [2.75, 3.05) is 7.11 Å². The number of hydrogen-bond donors (Lipinski definition) is 0. The van der Waals surface area contributed by atoms with E-state index in [1.54, 1.807) is 7.11 Å². The third-order valence-electron chi connectivity index (χ3n) is 3.06. The fraction of sp³-hybridized carbons (Fsp3) is 0.562. The molecule has 1 rings (SSSR count). The van der Waals surface area contributed by atoms with Crippen molar-refractivity contribution in [3.8, 4) is 5.75 Å². The number of rotatable bonds is 2. The Morgan fingerprint density at radius 3 is 1.89 bits per heavy atom. The fourth-order valence-corrected chi connectivity index (χ4v) is 2.28. The van der Waals surface area contributed by atoms with Crippen molar-refractivity contribution in [3.05, 3.63) is 28.8 Å². The summed E-state index contributed by atoms with van der Waals surface area (Å²) in [6.07, 6.45) is 0.929. The molecule has 0 saturated heterocycles. The van der Waals surface area contributed by atoms with Crippen LogP contribution in [0.5, 0.6) is 5.75 Å². The van der Waals surface area contributed by atoms with Crippen molar-refractivity contribution in [2.45, 2.75) is 52.4 Å². The van der Waals surface area contributed by atoms with E-state index in [0.717, 1.165) is 23.2 Å². The SMILES string of the molecule is COc1cc(C=O)c(C(C)(C)C)c(C(C)(C)C)c1. The van der Waals surface area contributed by atoms with Crippen molar-refractivity contribution in [2.24, 2.45) is 0 Å². The van der Waals surface area contributed by atoms with Gasteiger partial charge in [-0.3, -0.25) is 4.79 Å². The summed E-state index contributed by atoms with van der Waals surface area (Å²) in [7, 11) is 1.63. The lowest BCUT2D eigenvalue weighted by Crippen LogP contribution is -2.24. The lowest BCUT2D eigenvalue weighted by atomic mass is 9.73. The molecule has 0 aliphatic carbocycles. The molecule has 2 heteroatoms. The summed E-state index contributed by atoms with van der Waals surface area (Å²) in [6.45, 7) is 12.9. The summed E-state index contributed by atoms with van der Waals surface area (Å²) >= 11 is 0. The van der Waals surface area contributed by atoms with Gasteiger partial charge in [-0.05, 0) is 34.1 Å². The Labute approximate surface area is 110 Å². The van der Waals surface area contributed by atoms with Crippen LogP contribution >= 0.6 is 0 Å². The molecule has 100 valence electrons. The smallest absolute Gasteiger partial charge is 0.150 e. The minimum atomic E-state index is -0.0644. The molecular formula is C16H24O2. The molecular weight excluding hydrogens is 224 g/mol. The number of ether oxygens (including phenoxy) is 1. The van der Waals surface area contributed by atoms with Crippen LogP contribution in [0.15, 0.2) is 12.1 Å². The predicted molar refractivity (Wildman–Crippen MR) is 75.8 cm³/mol. The highest BCUT2D eigenvalue weighted by Crippen LogP contribution is 2.38. The molecule has 0 amide bonds. The Morgan fingerprint density at radius 1 is 1.00 bits per heavy atom. The van der Waals surface area contributed by atoms with Gasteiger partial charge in [0.25, 0.3) is 0 Å². The molecule has 2 nitrogen and oxygen atoms in total. The van der Waals surface area contributed by atoms with Crippen molar-refractivity contribution in [1.82, 2.24) is 0 Å². The Balaban J connectivity index is 3.69. The van der Waals surface area contributed by atoms with E-state index >= 15 is 0 Å². The monoisotopic (exact) mass is 248 g/mol. The number of hydrogen-bond acceptors (Lipinski definition) is 2. The first-order valence-electron chi connectivity index (χ1n) is 6.29. The summed E-state index contributed by atoms with van der Waals surface area (Å²) in [6, 6.07) is 3.87. The first-order valence-corrected chi connectivity index (χ1v) is 6.29. The van der Waals surface area contributed by atoms with E-state index < -0.39 is 0 Å². The van der Waals surface area contributed by atoms with Gasteiger partial charge < -0.3 is 4.74 Å². The molecule has 0 atom stereocenters. The highest BCUT2D eigenvalue weighted by Gasteiger charge is 2.28. The van der Waals surface area contributed by atoms with Crippen molar-refractivity contribution >= 4 is 6.29 Å². The van der Waals surface area contributed by atoms with Crippen LogP contribution in [0, 0.1) is 0 Å². The predicted octanol–water partition coefficient (Wildman–Crippen LogP) is 4.10. The maximum absolute atomic E-state index is 11.4. The van der Waals surface area contributed by atoms with Gasteiger partial charge in [-0.25, -0.2) is 0 Å². The quantitative estimate of drug-likeness (QED) is 0.736. The summed E-state index contributed by atoms with van der Waals surface area (Å²) in [5.41, 5.74) is 2.94. The van der Waals surface area contributed by atoms with E-state index in [-0.39, 0.29) is 10.8 Å². The third kappa shape index (κ3) is 2.92. The maximum atomic E-state index is 11.4. The Bertz CT molecular complexity index is 445. The summed E-state index contributed by atoms with van der Waals surface area (Å²) in [5, 5.41) is 0. The van der Waals surface area contributed by atoms with E-state index in [4.69, 9.17) is 4.74 Å². The number of methoxy groups -OCH3 is 1. The van der Waals surface area contributed by atoms with Gasteiger partial charge in [-0.15, -0.1) is 0 Å². The zero-order chi connectivity index (χ0) is 14.1. The van der Waals surface area contributed by atoms with Gasteiger partial charge in [0.05, 0.1) is 7.11 Å². The standard InChI is InChI=1S/C16H24O2/c1-15(2,3)13-9-12(18-7)8-11(10-17)14(13)16(4,5)6/h8-10H,1-7H3. The number of benzene rings is 1. The average Bonchev–Trinajstić information content (AvgIpc) is 2.24. The molecule has 0 aromatic heterocycles. The topological polar surface area (TPSA) is 26.3 Å². The van der Waals surface area contributed by atoms with Crippen LogP contribution < -0.4 is 4.74 Å². The number of aldehydes is 1. The summed E-state index contributed by atoms with van der Waals surface area (Å²) < 4.78 is 5.30. The number of carbonyl (C=O) groups excluding carboxylic acids is 1. The van der Waals surface area contributed by atoms with E-state index in [2.05, 4.69) is 41.5 Å². The second-order valence-corrected chi connectivity index (χ2v) is 6.76. The van der Waals surface area contributed by atoms with Gasteiger partial charge in [0, 0.05) is 5.56 Å². The van der Waals surface area contributed by atoms with E-state index in [9.17, 15) is 4.79 Å². The van der Waals surface area contributed by atoms with E-state index in [1.165, 1.54) is 5.56 Å². The molecule has 0 aliphatic rings. The molecule has 1 aromatic carbocycles. The normalized spacial score (nSPS) is 12.4. The Hall–Kier alpha value is -1.31. The van der Waals surface area contributed by atoms with Crippen LogP contribution in [0.4, 0.5) is 0 Å². The lowest BCUT2D eigenvalue weighted by Gasteiger charge is -2.31. The zero-order valence-electron chi connectivity index (χ0n) is 12.5. The van der Waals surface area contributed by atoms with Crippen LogP contribution in [0.1, 0.15) is 63.0 Å². The highest BCUT2D eigenvalue weighted by molar-refractivity contribution is 5.80. The molecule has 0 radical (unpaired) electrons. The van der Waals surface area contributed by atoms with Crippen LogP contribution in [0.25, 0.3) is 0 Å². The Morgan fingerprint density at radius 2 is 1.56 bits per heavy atom. The van der Waals surface area contributed by atoms with Crippen LogP contribution in [0.3, 0.4) is 0 Å². The van der Waals surface area contributed by atoms with Crippen LogP contribution in [0.2, 0.25) is 0 Å². The van der Waals surface area contributed by atoms with Crippen molar-refractivity contribution in [3.63, 3.8) is 0 Å². The molecule has 0 N–H and O–H groups in total. The van der Waals surface area contributed by atoms with Gasteiger partial charge >= 0.3 is 0 Å². The largest absolute Gasteiger partial charge is 0.497 e. The third-order valence-corrected chi connectivity index (χ3v) is 3.06. The average molecular weight is 248 g/mol. The van der Waals surface area contributed by atoms with Crippen molar-refractivity contribution in [1.29, 1.82) is 0 Å². The van der Waals surface area contributed by atoms with Gasteiger partial charge in [0.2, 0.25) is 0 Å². The molecule has 0 fully saturated rings. The maximum Gasteiger partial charge on any atom is 0.150 e. The minimum absolute atomic E-state index is 0.0189. The molecule has 1 aromatic rings. The Kier molecular flexibility index (Phi) is 3.89.